The normalized spacial score (nSPS) is 15.8. The van der Waals surface area contributed by atoms with Crippen molar-refractivity contribution >= 4 is 11.7 Å². The van der Waals surface area contributed by atoms with E-state index in [9.17, 15) is 18.0 Å². The second-order valence-electron chi connectivity index (χ2n) is 7.21. The van der Waals surface area contributed by atoms with Crippen LogP contribution in [0.25, 0.3) is 5.78 Å². The number of aryl methyl sites for hydroxylation is 2. The van der Waals surface area contributed by atoms with Crippen molar-refractivity contribution < 1.29 is 27.4 Å². The van der Waals surface area contributed by atoms with Crippen LogP contribution in [0.1, 0.15) is 29.2 Å². The van der Waals surface area contributed by atoms with Crippen LogP contribution in [-0.2, 0) is 17.4 Å². The molecule has 1 atom stereocenters. The zero-order chi connectivity index (χ0) is 22.2. The summed E-state index contributed by atoms with van der Waals surface area (Å²) in [5, 5.41) is 6.32. The molecule has 0 radical (unpaired) electrons. The highest BCUT2D eigenvalue weighted by Gasteiger charge is 2.37. The summed E-state index contributed by atoms with van der Waals surface area (Å²) < 4.78 is 51.2. The third kappa shape index (κ3) is 4.39. The van der Waals surface area contributed by atoms with Gasteiger partial charge in [-0.1, -0.05) is 12.1 Å². The molecule has 8 nitrogen and oxygen atoms in total. The third-order valence-electron chi connectivity index (χ3n) is 5.00. The number of aromatic nitrogens is 4. The highest BCUT2D eigenvalue weighted by molar-refractivity contribution is 5.76. The number of ether oxygens (including phenoxy) is 2. The molecule has 0 fully saturated rings. The summed E-state index contributed by atoms with van der Waals surface area (Å²) in [5.41, 5.74) is 1.64. The monoisotopic (exact) mass is 435 g/mol. The predicted octanol–water partition coefficient (Wildman–Crippen LogP) is 2.65. The van der Waals surface area contributed by atoms with Gasteiger partial charge in [0.1, 0.15) is 12.7 Å². The van der Waals surface area contributed by atoms with E-state index in [4.69, 9.17) is 9.47 Å². The smallest absolute Gasteiger partial charge is 0.453 e. The van der Waals surface area contributed by atoms with Crippen LogP contribution < -0.4 is 14.8 Å². The van der Waals surface area contributed by atoms with Crippen molar-refractivity contribution in [3.05, 3.63) is 47.0 Å². The molecule has 3 aromatic rings. The summed E-state index contributed by atoms with van der Waals surface area (Å²) in [6, 6.07) is 7.30. The van der Waals surface area contributed by atoms with E-state index in [0.717, 1.165) is 4.52 Å². The van der Waals surface area contributed by atoms with Gasteiger partial charge in [-0.15, -0.1) is 5.10 Å². The number of amides is 1. The summed E-state index contributed by atoms with van der Waals surface area (Å²) in [6.07, 6.45) is -4.52. The first-order valence-corrected chi connectivity index (χ1v) is 9.67. The van der Waals surface area contributed by atoms with E-state index in [-0.39, 0.29) is 30.8 Å². The van der Waals surface area contributed by atoms with Gasteiger partial charge in [-0.2, -0.15) is 18.2 Å². The summed E-state index contributed by atoms with van der Waals surface area (Å²) in [7, 11) is 0. The molecule has 1 N–H and O–H groups in total. The zero-order valence-electron chi connectivity index (χ0n) is 16.9. The molecule has 31 heavy (non-hydrogen) atoms. The quantitative estimate of drug-likeness (QED) is 0.663. The number of carbonyl (C=O) groups is 1. The molecule has 0 unspecified atom stereocenters. The first-order chi connectivity index (χ1) is 14.7. The minimum Gasteiger partial charge on any atom is -0.486 e. The number of carbonyl (C=O) groups excluding carboxylic acids is 1. The Morgan fingerprint density at radius 1 is 1.23 bits per heavy atom. The molecule has 0 saturated heterocycles. The van der Waals surface area contributed by atoms with Crippen LogP contribution in [-0.4, -0.2) is 44.7 Å². The first-order valence-electron chi connectivity index (χ1n) is 9.67. The van der Waals surface area contributed by atoms with E-state index < -0.39 is 12.0 Å². The molecule has 1 aliphatic rings. The van der Waals surface area contributed by atoms with E-state index >= 15 is 0 Å². The Kier molecular flexibility index (Phi) is 5.42. The Labute approximate surface area is 175 Å². The molecule has 4 rings (SSSR count). The van der Waals surface area contributed by atoms with Crippen molar-refractivity contribution in [1.82, 2.24) is 24.9 Å². The van der Waals surface area contributed by atoms with Gasteiger partial charge in [-0.05, 0) is 38.0 Å². The first kappa shape index (κ1) is 20.9. The highest BCUT2D eigenvalue weighted by atomic mass is 19.4. The fourth-order valence-corrected chi connectivity index (χ4v) is 3.41. The molecule has 0 aliphatic carbocycles. The molecule has 3 heterocycles. The summed E-state index contributed by atoms with van der Waals surface area (Å²) in [4.78, 5) is 19.9. The van der Waals surface area contributed by atoms with Gasteiger partial charge in [-0.3, -0.25) is 4.79 Å². The van der Waals surface area contributed by atoms with Crippen LogP contribution in [0.5, 0.6) is 11.5 Å². The number of nitrogens with one attached hydrogen (secondary N) is 1. The molecular formula is C20H20F3N5O3. The fraction of sp³-hybridized carbons (Fsp3) is 0.400. The number of hydrogen-bond donors (Lipinski definition) is 1. The number of rotatable bonds is 5. The molecule has 0 bridgehead atoms. The molecule has 1 aromatic carbocycles. The number of para-hydroxylation sites is 2. The fourth-order valence-electron chi connectivity index (χ4n) is 3.41. The second kappa shape index (κ2) is 8.05. The number of nitrogens with zero attached hydrogens (tertiary/aromatic N) is 4. The highest BCUT2D eigenvalue weighted by Crippen LogP contribution is 2.30. The molecule has 0 spiro atoms. The van der Waals surface area contributed by atoms with E-state index in [2.05, 4.69) is 20.4 Å². The van der Waals surface area contributed by atoms with Crippen molar-refractivity contribution in [1.29, 1.82) is 0 Å². The lowest BCUT2D eigenvalue weighted by atomic mass is 10.1. The average molecular weight is 435 g/mol. The molecule has 1 amide bonds. The lowest BCUT2D eigenvalue weighted by Crippen LogP contribution is -2.40. The van der Waals surface area contributed by atoms with Gasteiger partial charge in [0, 0.05) is 17.8 Å². The van der Waals surface area contributed by atoms with Crippen LogP contribution in [0.3, 0.4) is 0 Å². The average Bonchev–Trinajstić information content (AvgIpc) is 3.16. The molecule has 1 aliphatic heterocycles. The molecule has 11 heteroatoms. The van der Waals surface area contributed by atoms with Crippen molar-refractivity contribution in [3.63, 3.8) is 0 Å². The summed E-state index contributed by atoms with van der Waals surface area (Å²) in [6.45, 7) is 3.91. The van der Waals surface area contributed by atoms with Gasteiger partial charge in [0.05, 0.1) is 6.54 Å². The maximum Gasteiger partial charge on any atom is 0.453 e. The van der Waals surface area contributed by atoms with Crippen LogP contribution in [0.4, 0.5) is 13.2 Å². The predicted molar refractivity (Wildman–Crippen MR) is 103 cm³/mol. The Balaban J connectivity index is 1.37. The van der Waals surface area contributed by atoms with Crippen LogP contribution >= 0.6 is 0 Å². The van der Waals surface area contributed by atoms with E-state index in [1.807, 2.05) is 18.2 Å². The van der Waals surface area contributed by atoms with Crippen LogP contribution in [0, 0.1) is 13.8 Å². The zero-order valence-corrected chi connectivity index (χ0v) is 16.9. The van der Waals surface area contributed by atoms with Gasteiger partial charge in [0.2, 0.25) is 5.91 Å². The SMILES string of the molecule is Cc1nc2nc(C(F)(F)F)nn2c(C)c1CCC(=O)NC[C@H]1COc2ccccc2O1. The van der Waals surface area contributed by atoms with Crippen LogP contribution in [0.15, 0.2) is 24.3 Å². The van der Waals surface area contributed by atoms with Gasteiger partial charge in [-0.25, -0.2) is 9.50 Å². The van der Waals surface area contributed by atoms with Crippen molar-refractivity contribution in [3.8, 4) is 11.5 Å². The van der Waals surface area contributed by atoms with E-state index in [1.54, 1.807) is 19.9 Å². The lowest BCUT2D eigenvalue weighted by Gasteiger charge is -2.26. The Hall–Kier alpha value is -3.37. The molecule has 164 valence electrons. The standard InChI is InChI=1S/C20H20F3N5O3/c1-11-14(12(2)28-19(25-11)26-18(27-28)20(21,22)23)7-8-17(29)24-9-13-10-30-15-5-3-4-6-16(15)31-13/h3-6,13H,7-10H2,1-2H3,(H,24,29)/t13-/m0/s1. The Bertz CT molecular complexity index is 1130. The van der Waals surface area contributed by atoms with Gasteiger partial charge in [0.25, 0.3) is 11.6 Å². The number of alkyl halides is 3. The number of hydrogen-bond acceptors (Lipinski definition) is 6. The van der Waals surface area contributed by atoms with Crippen molar-refractivity contribution in [2.75, 3.05) is 13.2 Å². The minimum absolute atomic E-state index is 0.120. The minimum atomic E-state index is -4.65. The summed E-state index contributed by atoms with van der Waals surface area (Å²) >= 11 is 0. The molecule has 0 saturated carbocycles. The number of benzene rings is 1. The Morgan fingerprint density at radius 2 is 1.97 bits per heavy atom. The molecular weight excluding hydrogens is 415 g/mol. The van der Waals surface area contributed by atoms with Crippen LogP contribution in [0.2, 0.25) is 0 Å². The number of halogens is 3. The van der Waals surface area contributed by atoms with E-state index in [0.29, 0.717) is 41.5 Å². The van der Waals surface area contributed by atoms with Gasteiger partial charge >= 0.3 is 6.18 Å². The van der Waals surface area contributed by atoms with Gasteiger partial charge in [0.15, 0.2) is 11.5 Å². The third-order valence-corrected chi connectivity index (χ3v) is 5.00. The van der Waals surface area contributed by atoms with E-state index in [1.165, 1.54) is 0 Å². The Morgan fingerprint density at radius 3 is 2.71 bits per heavy atom. The van der Waals surface area contributed by atoms with Crippen molar-refractivity contribution in [2.24, 2.45) is 0 Å². The maximum atomic E-state index is 12.9. The molecule has 2 aromatic heterocycles. The maximum absolute atomic E-state index is 12.9. The largest absolute Gasteiger partial charge is 0.486 e. The topological polar surface area (TPSA) is 90.6 Å². The van der Waals surface area contributed by atoms with Gasteiger partial charge < -0.3 is 14.8 Å². The second-order valence-corrected chi connectivity index (χ2v) is 7.21. The number of fused-ring (bicyclic) bond motifs is 2. The lowest BCUT2D eigenvalue weighted by molar-refractivity contribution is -0.144. The van der Waals surface area contributed by atoms with Crippen molar-refractivity contribution in [2.45, 2.75) is 39.0 Å². The summed E-state index contributed by atoms with van der Waals surface area (Å²) in [5.74, 6) is -0.278.